The van der Waals surface area contributed by atoms with E-state index in [2.05, 4.69) is 19.2 Å². The molecule has 0 aromatic carbocycles. The summed E-state index contributed by atoms with van der Waals surface area (Å²) in [4.78, 5) is 11.1. The average molecular weight is 356 g/mol. The number of carboxylic acids is 1. The van der Waals surface area contributed by atoms with Crippen LogP contribution in [0.5, 0.6) is 0 Å². The van der Waals surface area contributed by atoms with Crippen molar-refractivity contribution in [2.75, 3.05) is 6.54 Å². The fourth-order valence-corrected chi connectivity index (χ4v) is 3.32. The van der Waals surface area contributed by atoms with Gasteiger partial charge in [-0.15, -0.1) is 0 Å². The maximum absolute atomic E-state index is 11.1. The van der Waals surface area contributed by atoms with E-state index >= 15 is 0 Å². The molecule has 1 unspecified atom stereocenters. The zero-order valence-electron chi connectivity index (χ0n) is 17.2. The summed E-state index contributed by atoms with van der Waals surface area (Å²) in [6.45, 7) is 5.22. The first-order valence-corrected chi connectivity index (χ1v) is 11.2. The highest BCUT2D eigenvalue weighted by Gasteiger charge is 2.14. The van der Waals surface area contributed by atoms with Crippen molar-refractivity contribution in [1.82, 2.24) is 5.32 Å². The molecule has 0 aromatic heterocycles. The number of hydrogen-bond acceptors (Lipinski definition) is 2. The van der Waals surface area contributed by atoms with Crippen molar-refractivity contribution in [3.63, 3.8) is 0 Å². The minimum atomic E-state index is -0.696. The van der Waals surface area contributed by atoms with Crippen molar-refractivity contribution in [2.24, 2.45) is 0 Å². The van der Waals surface area contributed by atoms with Gasteiger partial charge in [0.1, 0.15) is 6.04 Å². The lowest BCUT2D eigenvalue weighted by atomic mass is 10.0. The summed E-state index contributed by atoms with van der Waals surface area (Å²) >= 11 is 0. The molecule has 0 amide bonds. The third-order valence-electron chi connectivity index (χ3n) is 5.07. The first kappa shape index (κ1) is 24.4. The molecule has 0 fully saturated rings. The van der Waals surface area contributed by atoms with E-state index in [-0.39, 0.29) is 6.04 Å². The summed E-state index contributed by atoms with van der Waals surface area (Å²) in [7, 11) is 0. The van der Waals surface area contributed by atoms with Crippen LogP contribution in [0.1, 0.15) is 123 Å². The van der Waals surface area contributed by atoms with Crippen molar-refractivity contribution < 1.29 is 9.90 Å². The second kappa shape index (κ2) is 19.8. The van der Waals surface area contributed by atoms with Crippen LogP contribution in [-0.2, 0) is 4.79 Å². The van der Waals surface area contributed by atoms with Crippen LogP contribution in [0.3, 0.4) is 0 Å². The summed E-state index contributed by atoms with van der Waals surface area (Å²) in [5.74, 6) is -0.696. The topological polar surface area (TPSA) is 49.3 Å². The Kier molecular flexibility index (Phi) is 19.3. The van der Waals surface area contributed by atoms with Gasteiger partial charge in [-0.2, -0.15) is 0 Å². The maximum Gasteiger partial charge on any atom is 0.320 e. The van der Waals surface area contributed by atoms with Crippen LogP contribution in [-0.4, -0.2) is 23.7 Å². The SMILES string of the molecule is CCCCCCCCCCCCCCCCNC(CCCC)C(=O)O. The van der Waals surface area contributed by atoms with Gasteiger partial charge in [0.15, 0.2) is 0 Å². The van der Waals surface area contributed by atoms with Crippen LogP contribution in [0.2, 0.25) is 0 Å². The Morgan fingerprint density at radius 1 is 0.680 bits per heavy atom. The summed E-state index contributed by atoms with van der Waals surface area (Å²) < 4.78 is 0. The van der Waals surface area contributed by atoms with Gasteiger partial charge in [-0.1, -0.05) is 110 Å². The van der Waals surface area contributed by atoms with Crippen LogP contribution in [0.15, 0.2) is 0 Å². The molecule has 0 aliphatic rings. The van der Waals surface area contributed by atoms with Crippen LogP contribution in [0.4, 0.5) is 0 Å². The standard InChI is InChI=1S/C22H45NO2/c1-3-5-7-8-9-10-11-12-13-14-15-16-17-18-20-23-21(22(24)25)19-6-4-2/h21,23H,3-20H2,1-2H3,(H,24,25). The Labute approximate surface area is 157 Å². The number of rotatable bonds is 20. The van der Waals surface area contributed by atoms with Crippen molar-refractivity contribution in [2.45, 2.75) is 129 Å². The number of nitrogens with one attached hydrogen (secondary N) is 1. The quantitative estimate of drug-likeness (QED) is 0.239. The molecule has 0 aliphatic carbocycles. The molecule has 0 bridgehead atoms. The second-order valence-corrected chi connectivity index (χ2v) is 7.58. The molecule has 0 aromatic rings. The van der Waals surface area contributed by atoms with Crippen LogP contribution in [0.25, 0.3) is 0 Å². The zero-order chi connectivity index (χ0) is 18.6. The van der Waals surface area contributed by atoms with Gasteiger partial charge in [0.25, 0.3) is 0 Å². The Hall–Kier alpha value is -0.570. The predicted octanol–water partition coefficient (Wildman–Crippen LogP) is 6.70. The van der Waals surface area contributed by atoms with Crippen molar-refractivity contribution >= 4 is 5.97 Å². The first-order chi connectivity index (χ1) is 12.2. The molecule has 3 heteroatoms. The highest BCUT2D eigenvalue weighted by molar-refractivity contribution is 5.73. The highest BCUT2D eigenvalue weighted by Crippen LogP contribution is 2.12. The Morgan fingerprint density at radius 2 is 1.08 bits per heavy atom. The molecule has 0 spiro atoms. The third-order valence-corrected chi connectivity index (χ3v) is 5.07. The van der Waals surface area contributed by atoms with Gasteiger partial charge in [0.05, 0.1) is 0 Å². The molecule has 150 valence electrons. The van der Waals surface area contributed by atoms with Gasteiger partial charge in [-0.05, 0) is 19.4 Å². The van der Waals surface area contributed by atoms with Gasteiger partial charge >= 0.3 is 5.97 Å². The third kappa shape index (κ3) is 18.0. The van der Waals surface area contributed by atoms with Gasteiger partial charge in [0.2, 0.25) is 0 Å². The van der Waals surface area contributed by atoms with Gasteiger partial charge in [-0.25, -0.2) is 0 Å². The van der Waals surface area contributed by atoms with Crippen molar-refractivity contribution in [3.05, 3.63) is 0 Å². The molecule has 0 radical (unpaired) electrons. The summed E-state index contributed by atoms with van der Waals surface area (Å²) in [6.07, 6.45) is 21.8. The Morgan fingerprint density at radius 3 is 1.48 bits per heavy atom. The van der Waals surface area contributed by atoms with E-state index in [1.807, 2.05) is 0 Å². The molecule has 2 N–H and O–H groups in total. The zero-order valence-corrected chi connectivity index (χ0v) is 17.2. The van der Waals surface area contributed by atoms with Gasteiger partial charge < -0.3 is 10.4 Å². The van der Waals surface area contributed by atoms with E-state index in [1.54, 1.807) is 0 Å². The fraction of sp³-hybridized carbons (Fsp3) is 0.955. The first-order valence-electron chi connectivity index (χ1n) is 11.2. The van der Waals surface area contributed by atoms with Crippen molar-refractivity contribution in [3.8, 4) is 0 Å². The fourth-order valence-electron chi connectivity index (χ4n) is 3.32. The molecule has 0 rings (SSSR count). The van der Waals surface area contributed by atoms with E-state index in [4.69, 9.17) is 5.11 Å². The number of hydrogen-bond donors (Lipinski definition) is 2. The molecule has 1 atom stereocenters. The molecule has 0 saturated heterocycles. The molecule has 0 saturated carbocycles. The van der Waals surface area contributed by atoms with E-state index < -0.39 is 5.97 Å². The van der Waals surface area contributed by atoms with E-state index in [0.717, 1.165) is 32.2 Å². The lowest BCUT2D eigenvalue weighted by Crippen LogP contribution is -2.37. The van der Waals surface area contributed by atoms with Gasteiger partial charge in [0, 0.05) is 0 Å². The molecule has 0 aliphatic heterocycles. The Bertz CT molecular complexity index is 281. The van der Waals surface area contributed by atoms with E-state index in [1.165, 1.54) is 83.5 Å². The second-order valence-electron chi connectivity index (χ2n) is 7.58. The molecular weight excluding hydrogens is 310 g/mol. The summed E-state index contributed by atoms with van der Waals surface area (Å²) in [5, 5.41) is 12.4. The van der Waals surface area contributed by atoms with Crippen LogP contribution < -0.4 is 5.32 Å². The highest BCUT2D eigenvalue weighted by atomic mass is 16.4. The molecular formula is C22H45NO2. The number of aliphatic carboxylic acids is 1. The normalized spacial score (nSPS) is 12.4. The lowest BCUT2D eigenvalue weighted by molar-refractivity contribution is -0.139. The molecule has 0 heterocycles. The van der Waals surface area contributed by atoms with Gasteiger partial charge in [-0.3, -0.25) is 4.79 Å². The van der Waals surface area contributed by atoms with Crippen LogP contribution in [0, 0.1) is 0 Å². The summed E-state index contributed by atoms with van der Waals surface area (Å²) in [5.41, 5.74) is 0. The van der Waals surface area contributed by atoms with E-state index in [0.29, 0.717) is 0 Å². The van der Waals surface area contributed by atoms with E-state index in [9.17, 15) is 4.79 Å². The monoisotopic (exact) mass is 355 g/mol. The number of unbranched alkanes of at least 4 members (excludes halogenated alkanes) is 14. The molecule has 3 nitrogen and oxygen atoms in total. The van der Waals surface area contributed by atoms with Crippen molar-refractivity contribution in [1.29, 1.82) is 0 Å². The maximum atomic E-state index is 11.1. The average Bonchev–Trinajstić information content (AvgIpc) is 2.60. The minimum absolute atomic E-state index is 0.345. The summed E-state index contributed by atoms with van der Waals surface area (Å²) in [6, 6.07) is -0.345. The van der Waals surface area contributed by atoms with Crippen LogP contribution >= 0.6 is 0 Å². The number of carboxylic acid groups (broad SMARTS) is 1. The predicted molar refractivity (Wildman–Crippen MR) is 109 cm³/mol. The smallest absolute Gasteiger partial charge is 0.320 e. The minimum Gasteiger partial charge on any atom is -0.480 e. The lowest BCUT2D eigenvalue weighted by Gasteiger charge is -2.13. The number of carbonyl (C=O) groups is 1. The largest absolute Gasteiger partial charge is 0.480 e. The molecule has 25 heavy (non-hydrogen) atoms. The Balaban J connectivity index is 3.24.